The summed E-state index contributed by atoms with van der Waals surface area (Å²) >= 11 is 0. The summed E-state index contributed by atoms with van der Waals surface area (Å²) < 4.78 is 37.1. The lowest BCUT2D eigenvalue weighted by atomic mass is 10.00. The summed E-state index contributed by atoms with van der Waals surface area (Å²) in [7, 11) is -3.39. The molecule has 2 aromatic rings. The number of carbonyl (C=O) groups excluding carboxylic acids is 2. The molecule has 9 nitrogen and oxygen atoms in total. The molecule has 0 aromatic heterocycles. The van der Waals surface area contributed by atoms with Gasteiger partial charge >= 0.3 is 0 Å². The summed E-state index contributed by atoms with van der Waals surface area (Å²) in [5.74, 6) is 0.0644. The number of para-hydroxylation sites is 2. The smallest absolute Gasteiger partial charge is 0.265 e. The highest BCUT2D eigenvalue weighted by Gasteiger charge is 2.37. The molecule has 0 bridgehead atoms. The van der Waals surface area contributed by atoms with Crippen LogP contribution in [0.15, 0.2) is 42.5 Å². The number of amides is 2. The molecule has 180 valence electrons. The van der Waals surface area contributed by atoms with Crippen LogP contribution in [0.3, 0.4) is 0 Å². The molecule has 10 heteroatoms. The zero-order valence-corrected chi connectivity index (χ0v) is 19.8. The SMILES string of the molecule is CS(=O)(=O)N1CCCc2cc(C(=O)N3C[C@@H](C(=O)N4CCOCC4)Oc4ccccc43)ccc21. The van der Waals surface area contributed by atoms with Crippen molar-refractivity contribution in [3.05, 3.63) is 53.6 Å². The molecule has 3 heterocycles. The van der Waals surface area contributed by atoms with E-state index in [2.05, 4.69) is 0 Å². The summed E-state index contributed by atoms with van der Waals surface area (Å²) in [6.45, 7) is 2.49. The van der Waals surface area contributed by atoms with Crippen LogP contribution in [0.2, 0.25) is 0 Å². The Morgan fingerprint density at radius 3 is 2.53 bits per heavy atom. The van der Waals surface area contributed by atoms with E-state index in [1.807, 2.05) is 12.1 Å². The minimum atomic E-state index is -3.39. The van der Waals surface area contributed by atoms with Crippen molar-refractivity contribution in [2.45, 2.75) is 18.9 Å². The molecule has 2 amide bonds. The van der Waals surface area contributed by atoms with E-state index in [9.17, 15) is 18.0 Å². The second-order valence-electron chi connectivity index (χ2n) is 8.71. The Labute approximate surface area is 198 Å². The van der Waals surface area contributed by atoms with Gasteiger partial charge in [0.1, 0.15) is 5.75 Å². The van der Waals surface area contributed by atoms with Crippen LogP contribution in [-0.4, -0.2) is 76.9 Å². The molecule has 3 aliphatic heterocycles. The van der Waals surface area contributed by atoms with Crippen LogP contribution in [0, 0.1) is 0 Å². The number of rotatable bonds is 3. The fourth-order valence-electron chi connectivity index (χ4n) is 4.74. The van der Waals surface area contributed by atoms with Crippen molar-refractivity contribution in [3.63, 3.8) is 0 Å². The monoisotopic (exact) mass is 485 g/mol. The molecule has 3 aliphatic rings. The van der Waals surface area contributed by atoms with Crippen LogP contribution >= 0.6 is 0 Å². The average Bonchev–Trinajstić information content (AvgIpc) is 2.86. The van der Waals surface area contributed by atoms with E-state index in [1.54, 1.807) is 40.1 Å². The van der Waals surface area contributed by atoms with E-state index >= 15 is 0 Å². The summed E-state index contributed by atoms with van der Waals surface area (Å²) in [6.07, 6.45) is 1.77. The van der Waals surface area contributed by atoms with Crippen molar-refractivity contribution in [2.75, 3.05) is 54.9 Å². The number of sulfonamides is 1. The zero-order chi connectivity index (χ0) is 23.9. The molecule has 0 radical (unpaired) electrons. The van der Waals surface area contributed by atoms with E-state index in [-0.39, 0.29) is 18.4 Å². The number of nitrogens with zero attached hydrogens (tertiary/aromatic N) is 3. The van der Waals surface area contributed by atoms with E-state index in [0.717, 1.165) is 5.56 Å². The number of hydrogen-bond donors (Lipinski definition) is 0. The minimum Gasteiger partial charge on any atom is -0.476 e. The van der Waals surface area contributed by atoms with E-state index in [1.165, 1.54) is 10.6 Å². The van der Waals surface area contributed by atoms with Gasteiger partial charge in [0.05, 0.1) is 37.4 Å². The Balaban J connectivity index is 1.45. The van der Waals surface area contributed by atoms with Crippen molar-refractivity contribution >= 4 is 33.2 Å². The predicted molar refractivity (Wildman–Crippen MR) is 127 cm³/mol. The van der Waals surface area contributed by atoms with Gasteiger partial charge in [0.2, 0.25) is 10.0 Å². The fraction of sp³-hybridized carbons (Fsp3) is 0.417. The van der Waals surface area contributed by atoms with Gasteiger partial charge in [-0.1, -0.05) is 12.1 Å². The predicted octanol–water partition coefficient (Wildman–Crippen LogP) is 1.67. The number of carbonyl (C=O) groups is 2. The van der Waals surface area contributed by atoms with Gasteiger partial charge in [-0.05, 0) is 48.7 Å². The third kappa shape index (κ3) is 4.23. The summed E-state index contributed by atoms with van der Waals surface area (Å²) in [4.78, 5) is 30.1. The van der Waals surface area contributed by atoms with Crippen molar-refractivity contribution in [2.24, 2.45) is 0 Å². The molecular weight excluding hydrogens is 458 g/mol. The lowest BCUT2D eigenvalue weighted by Crippen LogP contribution is -2.54. The van der Waals surface area contributed by atoms with Crippen molar-refractivity contribution in [3.8, 4) is 5.75 Å². The van der Waals surface area contributed by atoms with Gasteiger partial charge in [-0.2, -0.15) is 0 Å². The van der Waals surface area contributed by atoms with Crippen LogP contribution in [0.4, 0.5) is 11.4 Å². The van der Waals surface area contributed by atoms with Crippen LogP contribution in [0.5, 0.6) is 5.75 Å². The van der Waals surface area contributed by atoms with Crippen LogP contribution < -0.4 is 13.9 Å². The van der Waals surface area contributed by atoms with Crippen LogP contribution in [0.1, 0.15) is 22.3 Å². The summed E-state index contributed by atoms with van der Waals surface area (Å²) in [5.41, 5.74) is 2.50. The molecule has 1 atom stereocenters. The normalized spacial score (nSPS) is 20.3. The quantitative estimate of drug-likeness (QED) is 0.656. The second-order valence-corrected chi connectivity index (χ2v) is 10.6. The van der Waals surface area contributed by atoms with Gasteiger partial charge in [0, 0.05) is 25.2 Å². The second kappa shape index (κ2) is 8.92. The lowest BCUT2D eigenvalue weighted by Gasteiger charge is -2.37. The Kier molecular flexibility index (Phi) is 5.95. The Hall–Kier alpha value is -3.11. The molecule has 0 spiro atoms. The topological polar surface area (TPSA) is 96.5 Å². The highest BCUT2D eigenvalue weighted by Crippen LogP contribution is 2.36. The van der Waals surface area contributed by atoms with Crippen LogP contribution in [-0.2, 0) is 26.0 Å². The molecule has 1 saturated heterocycles. The molecular formula is C24H27N3O6S. The zero-order valence-electron chi connectivity index (χ0n) is 19.0. The first kappa shape index (κ1) is 22.7. The summed E-state index contributed by atoms with van der Waals surface area (Å²) in [5, 5.41) is 0. The molecule has 5 rings (SSSR count). The van der Waals surface area contributed by atoms with Gasteiger partial charge in [-0.15, -0.1) is 0 Å². The number of morpholine rings is 1. The van der Waals surface area contributed by atoms with E-state index < -0.39 is 16.1 Å². The van der Waals surface area contributed by atoms with Gasteiger partial charge in [0.25, 0.3) is 11.8 Å². The number of aryl methyl sites for hydroxylation is 1. The lowest BCUT2D eigenvalue weighted by molar-refractivity contribution is -0.142. The fourth-order valence-corrected chi connectivity index (χ4v) is 5.73. The standard InChI is InChI=1S/C24H27N3O6S/c1-34(30,31)27-10-4-5-17-15-18(8-9-19(17)27)23(28)26-16-22(24(29)25-11-13-32-14-12-25)33-21-7-3-2-6-20(21)26/h2-3,6-9,15,22H,4-5,10-14,16H2,1H3/t22-/m0/s1. The first-order valence-corrected chi connectivity index (χ1v) is 13.2. The van der Waals surface area contributed by atoms with Crippen LogP contribution in [0.25, 0.3) is 0 Å². The molecule has 2 aromatic carbocycles. The number of hydrogen-bond acceptors (Lipinski definition) is 6. The molecule has 0 saturated carbocycles. The molecule has 1 fully saturated rings. The Morgan fingerprint density at radius 1 is 1.00 bits per heavy atom. The first-order chi connectivity index (χ1) is 16.3. The Bertz CT molecular complexity index is 1220. The van der Waals surface area contributed by atoms with E-state index in [4.69, 9.17) is 9.47 Å². The maximum absolute atomic E-state index is 13.7. The Morgan fingerprint density at radius 2 is 1.76 bits per heavy atom. The molecule has 34 heavy (non-hydrogen) atoms. The highest BCUT2D eigenvalue weighted by atomic mass is 32.2. The van der Waals surface area contributed by atoms with E-state index in [0.29, 0.717) is 68.4 Å². The largest absolute Gasteiger partial charge is 0.476 e. The molecule has 0 aliphatic carbocycles. The van der Waals surface area contributed by atoms with Gasteiger partial charge in [0.15, 0.2) is 6.10 Å². The molecule has 0 unspecified atom stereocenters. The number of ether oxygens (including phenoxy) is 2. The maximum Gasteiger partial charge on any atom is 0.265 e. The first-order valence-electron chi connectivity index (χ1n) is 11.4. The van der Waals surface area contributed by atoms with Crippen molar-refractivity contribution in [1.29, 1.82) is 0 Å². The van der Waals surface area contributed by atoms with Gasteiger partial charge < -0.3 is 19.3 Å². The van der Waals surface area contributed by atoms with Gasteiger partial charge in [-0.3, -0.25) is 13.9 Å². The number of benzene rings is 2. The highest BCUT2D eigenvalue weighted by molar-refractivity contribution is 7.92. The number of fused-ring (bicyclic) bond motifs is 2. The maximum atomic E-state index is 13.7. The van der Waals surface area contributed by atoms with Crippen molar-refractivity contribution < 1.29 is 27.5 Å². The minimum absolute atomic E-state index is 0.0958. The number of anilines is 2. The van der Waals surface area contributed by atoms with Gasteiger partial charge in [-0.25, -0.2) is 8.42 Å². The third-order valence-electron chi connectivity index (χ3n) is 6.42. The third-order valence-corrected chi connectivity index (χ3v) is 7.60. The summed E-state index contributed by atoms with van der Waals surface area (Å²) in [6, 6.07) is 12.3. The molecule has 0 N–H and O–H groups in total. The van der Waals surface area contributed by atoms with Crippen molar-refractivity contribution in [1.82, 2.24) is 4.90 Å². The average molecular weight is 486 g/mol.